The molecule has 0 aliphatic carbocycles. The van der Waals surface area contributed by atoms with Gasteiger partial charge in [-0.15, -0.1) is 0 Å². The Morgan fingerprint density at radius 3 is 2.29 bits per heavy atom. The number of rotatable bonds is 5. The molecule has 0 aliphatic rings. The number of benzene rings is 1. The minimum atomic E-state index is -3.93. The number of aromatic nitrogens is 2. The predicted molar refractivity (Wildman–Crippen MR) is 76.8 cm³/mol. The van der Waals surface area contributed by atoms with E-state index in [4.69, 9.17) is 0 Å². The van der Waals surface area contributed by atoms with Crippen LogP contribution in [0.1, 0.15) is 5.69 Å². The van der Waals surface area contributed by atoms with Gasteiger partial charge < -0.3 is 0 Å². The molecule has 21 heavy (non-hydrogen) atoms. The highest BCUT2D eigenvalue weighted by molar-refractivity contribution is 7.93. The average molecular weight is 330 g/mol. The zero-order chi connectivity index (χ0) is 15.7. The second-order valence-electron chi connectivity index (χ2n) is 4.17. The van der Waals surface area contributed by atoms with Crippen LogP contribution in [0.15, 0.2) is 40.3 Å². The molecule has 0 amide bonds. The third-order valence-electron chi connectivity index (χ3n) is 2.76. The number of para-hydroxylation sites is 1. The van der Waals surface area contributed by atoms with Crippen LogP contribution in [-0.2, 0) is 20.0 Å². The van der Waals surface area contributed by atoms with E-state index in [9.17, 15) is 16.8 Å². The van der Waals surface area contributed by atoms with Crippen LogP contribution >= 0.6 is 0 Å². The summed E-state index contributed by atoms with van der Waals surface area (Å²) in [6.45, 7) is 1.55. The van der Waals surface area contributed by atoms with Gasteiger partial charge in [-0.3, -0.25) is 9.82 Å². The van der Waals surface area contributed by atoms with Crippen LogP contribution in [0.5, 0.6) is 0 Å². The lowest BCUT2D eigenvalue weighted by Crippen LogP contribution is -2.22. The maximum Gasteiger partial charge on any atom is 0.265 e. The number of hydrogen-bond donors (Lipinski definition) is 3. The first-order chi connectivity index (χ1) is 9.78. The monoisotopic (exact) mass is 330 g/mol. The van der Waals surface area contributed by atoms with Crippen LogP contribution in [0.25, 0.3) is 0 Å². The van der Waals surface area contributed by atoms with Gasteiger partial charge in [0.05, 0.1) is 17.6 Å². The second-order valence-corrected chi connectivity index (χ2v) is 7.67. The largest absolute Gasteiger partial charge is 0.281 e. The summed E-state index contributed by atoms with van der Waals surface area (Å²) >= 11 is 0. The van der Waals surface area contributed by atoms with E-state index < -0.39 is 20.0 Å². The standard InChI is InChI=1S/C11H14N4O4S2/c1-8-11(7-13-14-8)21(18,19)15-9-5-3-4-6-10(9)20(16,17)12-2/h3-7,12,15H,1-2H3,(H,13,14). The van der Waals surface area contributed by atoms with Crippen molar-refractivity contribution in [1.82, 2.24) is 14.9 Å². The first-order valence-electron chi connectivity index (χ1n) is 5.83. The van der Waals surface area contributed by atoms with Gasteiger partial charge in [0.2, 0.25) is 10.0 Å². The summed E-state index contributed by atoms with van der Waals surface area (Å²) in [7, 11) is -6.46. The normalized spacial score (nSPS) is 12.3. The molecule has 0 saturated heterocycles. The van der Waals surface area contributed by atoms with Crippen molar-refractivity contribution in [2.75, 3.05) is 11.8 Å². The Kier molecular flexibility index (Phi) is 4.03. The van der Waals surface area contributed by atoms with Gasteiger partial charge in [0.15, 0.2) is 0 Å². The molecule has 0 saturated carbocycles. The number of anilines is 1. The van der Waals surface area contributed by atoms with Crippen molar-refractivity contribution < 1.29 is 16.8 Å². The Balaban J connectivity index is 2.49. The number of nitrogens with zero attached hydrogens (tertiary/aromatic N) is 1. The highest BCUT2D eigenvalue weighted by atomic mass is 32.2. The molecule has 1 aromatic carbocycles. The van der Waals surface area contributed by atoms with E-state index >= 15 is 0 Å². The Bertz CT molecular complexity index is 856. The summed E-state index contributed by atoms with van der Waals surface area (Å²) in [6, 6.07) is 5.73. The lowest BCUT2D eigenvalue weighted by molar-refractivity contribution is 0.588. The van der Waals surface area contributed by atoms with Crippen molar-refractivity contribution in [2.45, 2.75) is 16.7 Å². The van der Waals surface area contributed by atoms with Gasteiger partial charge in [0.1, 0.15) is 9.79 Å². The SMILES string of the molecule is CNS(=O)(=O)c1ccccc1NS(=O)(=O)c1cn[nH]c1C. The van der Waals surface area contributed by atoms with E-state index in [0.29, 0.717) is 5.69 Å². The van der Waals surface area contributed by atoms with E-state index in [1.165, 1.54) is 31.3 Å². The maximum absolute atomic E-state index is 12.3. The first kappa shape index (κ1) is 15.5. The van der Waals surface area contributed by atoms with E-state index in [0.717, 1.165) is 6.20 Å². The van der Waals surface area contributed by atoms with Gasteiger partial charge in [-0.1, -0.05) is 12.1 Å². The van der Waals surface area contributed by atoms with E-state index in [1.54, 1.807) is 6.92 Å². The lowest BCUT2D eigenvalue weighted by atomic mass is 10.3. The minimum Gasteiger partial charge on any atom is -0.281 e. The summed E-state index contributed by atoms with van der Waals surface area (Å²) in [5, 5.41) is 6.16. The van der Waals surface area contributed by atoms with Crippen LogP contribution < -0.4 is 9.44 Å². The molecule has 2 aromatic rings. The van der Waals surface area contributed by atoms with Crippen molar-refractivity contribution in [2.24, 2.45) is 0 Å². The van der Waals surface area contributed by atoms with Crippen molar-refractivity contribution in [3.05, 3.63) is 36.2 Å². The second kappa shape index (κ2) is 5.47. The van der Waals surface area contributed by atoms with Crippen molar-refractivity contribution >= 4 is 25.7 Å². The number of nitrogens with one attached hydrogen (secondary N) is 3. The highest BCUT2D eigenvalue weighted by Gasteiger charge is 2.23. The molecule has 0 atom stereocenters. The quantitative estimate of drug-likeness (QED) is 0.734. The molecule has 0 radical (unpaired) electrons. The van der Waals surface area contributed by atoms with E-state index in [2.05, 4.69) is 19.6 Å². The Labute approximate surface area is 122 Å². The molecule has 3 N–H and O–H groups in total. The molecule has 1 heterocycles. The average Bonchev–Trinajstić information content (AvgIpc) is 2.86. The van der Waals surface area contributed by atoms with Crippen molar-refractivity contribution in [3.63, 3.8) is 0 Å². The van der Waals surface area contributed by atoms with Gasteiger partial charge in [0.25, 0.3) is 10.0 Å². The zero-order valence-electron chi connectivity index (χ0n) is 11.3. The van der Waals surface area contributed by atoms with Gasteiger partial charge in [0, 0.05) is 0 Å². The number of hydrogen-bond acceptors (Lipinski definition) is 5. The number of aromatic amines is 1. The fourth-order valence-corrected chi connectivity index (χ4v) is 3.87. The Hall–Kier alpha value is -1.91. The number of H-pyrrole nitrogens is 1. The number of aryl methyl sites for hydroxylation is 1. The minimum absolute atomic E-state index is 0.0348. The molecule has 0 bridgehead atoms. The van der Waals surface area contributed by atoms with Gasteiger partial charge in [-0.2, -0.15) is 5.10 Å². The van der Waals surface area contributed by atoms with Crippen LogP contribution in [0.2, 0.25) is 0 Å². The summed E-state index contributed by atoms with van der Waals surface area (Å²) in [5.41, 5.74) is 0.323. The van der Waals surface area contributed by atoms with Crippen LogP contribution in [0, 0.1) is 6.92 Å². The molecule has 1 aromatic heterocycles. The first-order valence-corrected chi connectivity index (χ1v) is 8.80. The molecule has 8 nitrogen and oxygen atoms in total. The molecule has 0 spiro atoms. The molecule has 0 unspecified atom stereocenters. The molecule has 10 heteroatoms. The topological polar surface area (TPSA) is 121 Å². The molecule has 0 fully saturated rings. The van der Waals surface area contributed by atoms with Crippen LogP contribution in [0.4, 0.5) is 5.69 Å². The van der Waals surface area contributed by atoms with Crippen molar-refractivity contribution in [3.8, 4) is 0 Å². The summed E-state index contributed by atoms with van der Waals surface area (Å²) in [5.74, 6) is 0. The number of sulfonamides is 2. The van der Waals surface area contributed by atoms with Crippen LogP contribution in [-0.4, -0.2) is 34.1 Å². The van der Waals surface area contributed by atoms with Gasteiger partial charge >= 0.3 is 0 Å². The molecule has 114 valence electrons. The van der Waals surface area contributed by atoms with Crippen molar-refractivity contribution in [1.29, 1.82) is 0 Å². The predicted octanol–water partition coefficient (Wildman–Crippen LogP) is 0.427. The molecule has 2 rings (SSSR count). The zero-order valence-corrected chi connectivity index (χ0v) is 12.9. The summed E-state index contributed by atoms with van der Waals surface area (Å²) in [4.78, 5) is -0.198. The van der Waals surface area contributed by atoms with Gasteiger partial charge in [-0.05, 0) is 26.1 Å². The fourth-order valence-electron chi connectivity index (χ4n) is 1.71. The highest BCUT2D eigenvalue weighted by Crippen LogP contribution is 2.24. The van der Waals surface area contributed by atoms with Crippen LogP contribution in [0.3, 0.4) is 0 Å². The maximum atomic E-state index is 12.3. The third kappa shape index (κ3) is 3.06. The lowest BCUT2D eigenvalue weighted by Gasteiger charge is -2.12. The molecular formula is C11H14N4O4S2. The molecule has 0 aliphatic heterocycles. The smallest absolute Gasteiger partial charge is 0.265 e. The summed E-state index contributed by atoms with van der Waals surface area (Å²) < 4.78 is 52.7. The fraction of sp³-hybridized carbons (Fsp3) is 0.182. The molecular weight excluding hydrogens is 316 g/mol. The van der Waals surface area contributed by atoms with Gasteiger partial charge in [-0.25, -0.2) is 21.6 Å². The summed E-state index contributed by atoms with van der Waals surface area (Å²) in [6.07, 6.45) is 1.16. The Morgan fingerprint density at radius 1 is 1.05 bits per heavy atom. The van der Waals surface area contributed by atoms with E-state index in [-0.39, 0.29) is 15.5 Å². The Morgan fingerprint density at radius 2 is 1.71 bits per heavy atom. The third-order valence-corrected chi connectivity index (χ3v) is 5.71. The van der Waals surface area contributed by atoms with E-state index in [1.807, 2.05) is 0 Å².